The first kappa shape index (κ1) is 23.2. The Kier molecular flexibility index (Phi) is 7.23. The summed E-state index contributed by atoms with van der Waals surface area (Å²) in [5, 5.41) is 0. The van der Waals surface area contributed by atoms with Crippen LogP contribution >= 0.6 is 0 Å². The van der Waals surface area contributed by atoms with Crippen molar-refractivity contribution in [2.45, 2.75) is 52.1 Å². The average molecular weight is 453 g/mol. The molecule has 1 aromatic heterocycles. The van der Waals surface area contributed by atoms with Gasteiger partial charge in [-0.2, -0.15) is 4.98 Å². The number of nitrogens with zero attached hydrogens (tertiary/aromatic N) is 4. The second-order valence-electron chi connectivity index (χ2n) is 8.93. The van der Waals surface area contributed by atoms with Gasteiger partial charge in [0.25, 0.3) is 0 Å². The van der Waals surface area contributed by atoms with Gasteiger partial charge in [-0.15, -0.1) is 0 Å². The Hall–Kier alpha value is -3.00. The summed E-state index contributed by atoms with van der Waals surface area (Å²) < 4.78 is 11.7. The third kappa shape index (κ3) is 5.68. The summed E-state index contributed by atoms with van der Waals surface area (Å²) in [5.41, 5.74) is 3.02. The van der Waals surface area contributed by atoms with Crippen molar-refractivity contribution in [2.75, 3.05) is 37.7 Å². The highest BCUT2D eigenvalue weighted by atomic mass is 16.5. The monoisotopic (exact) mass is 452 g/mol. The predicted molar refractivity (Wildman–Crippen MR) is 124 cm³/mol. The Morgan fingerprint density at radius 1 is 1.15 bits per heavy atom. The number of ether oxygens (including phenoxy) is 2. The quantitative estimate of drug-likeness (QED) is 0.642. The van der Waals surface area contributed by atoms with Gasteiger partial charge in [0.2, 0.25) is 17.7 Å². The van der Waals surface area contributed by atoms with Gasteiger partial charge in [0.1, 0.15) is 18.5 Å². The van der Waals surface area contributed by atoms with Gasteiger partial charge in [0.15, 0.2) is 0 Å². The number of para-hydroxylation sites is 1. The van der Waals surface area contributed by atoms with Gasteiger partial charge in [-0.1, -0.05) is 32.0 Å². The minimum Gasteiger partial charge on any atom is -0.475 e. The molecule has 8 heteroatoms. The van der Waals surface area contributed by atoms with Crippen molar-refractivity contribution in [1.82, 2.24) is 14.9 Å². The first-order valence-corrected chi connectivity index (χ1v) is 11.7. The highest BCUT2D eigenvalue weighted by Gasteiger charge is 2.28. The van der Waals surface area contributed by atoms with Crippen molar-refractivity contribution in [3.8, 4) is 5.88 Å². The van der Waals surface area contributed by atoms with Crippen LogP contribution in [0.25, 0.3) is 0 Å². The molecule has 1 fully saturated rings. The van der Waals surface area contributed by atoms with Crippen LogP contribution in [0.1, 0.15) is 49.7 Å². The van der Waals surface area contributed by atoms with E-state index in [1.807, 2.05) is 39.0 Å². The van der Waals surface area contributed by atoms with Crippen LogP contribution in [0.5, 0.6) is 5.88 Å². The normalized spacial score (nSPS) is 17.9. The predicted octanol–water partition coefficient (Wildman–Crippen LogP) is 2.88. The summed E-state index contributed by atoms with van der Waals surface area (Å²) in [5.74, 6) is 1.46. The van der Waals surface area contributed by atoms with E-state index in [2.05, 4.69) is 16.0 Å². The van der Waals surface area contributed by atoms with Gasteiger partial charge in [-0.05, 0) is 25.0 Å². The smallest absolute Gasteiger partial charge is 0.227 e. The van der Waals surface area contributed by atoms with Crippen LogP contribution < -0.4 is 9.64 Å². The van der Waals surface area contributed by atoms with Crippen molar-refractivity contribution < 1.29 is 19.1 Å². The van der Waals surface area contributed by atoms with Gasteiger partial charge in [-0.25, -0.2) is 4.98 Å². The highest BCUT2D eigenvalue weighted by molar-refractivity contribution is 5.97. The second-order valence-corrected chi connectivity index (χ2v) is 8.93. The molecule has 3 heterocycles. The molecule has 4 rings (SSSR count). The number of aromatic nitrogens is 2. The molecule has 1 aromatic carbocycles. The van der Waals surface area contributed by atoms with Gasteiger partial charge in [0.05, 0.1) is 13.2 Å². The van der Waals surface area contributed by atoms with E-state index >= 15 is 0 Å². The van der Waals surface area contributed by atoms with E-state index in [1.165, 1.54) is 5.56 Å². The number of aryl methyl sites for hydroxylation is 1. The molecule has 2 aliphatic rings. The summed E-state index contributed by atoms with van der Waals surface area (Å²) in [6.45, 7) is 8.42. The van der Waals surface area contributed by atoms with E-state index in [1.54, 1.807) is 15.9 Å². The maximum atomic E-state index is 12.8. The van der Waals surface area contributed by atoms with E-state index in [9.17, 15) is 9.59 Å². The lowest BCUT2D eigenvalue weighted by atomic mass is 10.2. The first-order chi connectivity index (χ1) is 15.9. The highest BCUT2D eigenvalue weighted by Crippen LogP contribution is 2.28. The fraction of sp³-hybridized carbons (Fsp3) is 0.520. The van der Waals surface area contributed by atoms with Crippen LogP contribution in [-0.2, 0) is 20.7 Å². The third-order valence-electron chi connectivity index (χ3n) is 6.01. The summed E-state index contributed by atoms with van der Waals surface area (Å²) in [4.78, 5) is 38.0. The number of morpholine rings is 1. The molecule has 1 saturated heterocycles. The molecule has 176 valence electrons. The molecular formula is C25H32N4O4. The van der Waals surface area contributed by atoms with Crippen molar-refractivity contribution in [3.05, 3.63) is 47.4 Å². The SMILES string of the molecule is Cc1cc(OCC2CN(C(=O)CCC(=O)N3CCc4ccccc43)CCO2)nc(C(C)C)n1. The Morgan fingerprint density at radius 3 is 2.76 bits per heavy atom. The second kappa shape index (κ2) is 10.3. The molecule has 8 nitrogen and oxygen atoms in total. The van der Waals surface area contributed by atoms with Gasteiger partial charge < -0.3 is 19.3 Å². The fourth-order valence-electron chi connectivity index (χ4n) is 4.22. The standard InChI is InChI=1S/C25H32N4O4/c1-17(2)25-26-18(3)14-22(27-25)33-16-20-15-28(12-13-32-20)23(30)8-9-24(31)29-11-10-19-6-4-5-7-21(19)29/h4-7,14,17,20H,8-13,15-16H2,1-3H3. The van der Waals surface area contributed by atoms with Crippen molar-refractivity contribution in [3.63, 3.8) is 0 Å². The molecule has 0 radical (unpaired) electrons. The van der Waals surface area contributed by atoms with E-state index in [0.29, 0.717) is 38.7 Å². The van der Waals surface area contributed by atoms with Crippen LogP contribution in [0.15, 0.2) is 30.3 Å². The van der Waals surface area contributed by atoms with Crippen LogP contribution in [0.3, 0.4) is 0 Å². The largest absolute Gasteiger partial charge is 0.475 e. The van der Waals surface area contributed by atoms with E-state index < -0.39 is 0 Å². The Labute approximate surface area is 194 Å². The Bertz CT molecular complexity index is 1010. The maximum absolute atomic E-state index is 12.8. The Morgan fingerprint density at radius 2 is 1.94 bits per heavy atom. The van der Waals surface area contributed by atoms with Crippen molar-refractivity contribution in [1.29, 1.82) is 0 Å². The Balaban J connectivity index is 1.26. The average Bonchev–Trinajstić information content (AvgIpc) is 3.25. The molecule has 2 aromatic rings. The summed E-state index contributed by atoms with van der Waals surface area (Å²) >= 11 is 0. The molecule has 0 saturated carbocycles. The molecule has 2 aliphatic heterocycles. The van der Waals surface area contributed by atoms with E-state index in [0.717, 1.165) is 23.6 Å². The van der Waals surface area contributed by atoms with E-state index in [4.69, 9.17) is 9.47 Å². The molecular weight excluding hydrogens is 420 g/mol. The number of hydrogen-bond donors (Lipinski definition) is 0. The number of carbonyl (C=O) groups excluding carboxylic acids is 2. The van der Waals surface area contributed by atoms with Crippen LogP contribution in [-0.4, -0.2) is 65.6 Å². The zero-order valence-corrected chi connectivity index (χ0v) is 19.6. The number of anilines is 1. The molecule has 1 atom stereocenters. The number of carbonyl (C=O) groups is 2. The topological polar surface area (TPSA) is 84.9 Å². The maximum Gasteiger partial charge on any atom is 0.227 e. The first-order valence-electron chi connectivity index (χ1n) is 11.7. The zero-order chi connectivity index (χ0) is 23.4. The molecule has 0 N–H and O–H groups in total. The lowest BCUT2D eigenvalue weighted by molar-refractivity contribution is -0.141. The molecule has 33 heavy (non-hydrogen) atoms. The van der Waals surface area contributed by atoms with Crippen LogP contribution in [0.4, 0.5) is 5.69 Å². The number of amides is 2. The van der Waals surface area contributed by atoms with Gasteiger partial charge >= 0.3 is 0 Å². The fourth-order valence-corrected chi connectivity index (χ4v) is 4.22. The molecule has 0 bridgehead atoms. The van der Waals surface area contributed by atoms with Crippen LogP contribution in [0, 0.1) is 6.92 Å². The van der Waals surface area contributed by atoms with Crippen LogP contribution in [0.2, 0.25) is 0 Å². The lowest BCUT2D eigenvalue weighted by Crippen LogP contribution is -2.47. The molecule has 1 unspecified atom stereocenters. The lowest BCUT2D eigenvalue weighted by Gasteiger charge is -2.33. The summed E-state index contributed by atoms with van der Waals surface area (Å²) in [6, 6.07) is 9.76. The third-order valence-corrected chi connectivity index (χ3v) is 6.01. The van der Waals surface area contributed by atoms with Gasteiger partial charge in [-0.3, -0.25) is 9.59 Å². The number of rotatable bonds is 7. The van der Waals surface area contributed by atoms with E-state index in [-0.39, 0.29) is 36.7 Å². The molecule has 0 aliphatic carbocycles. The number of benzene rings is 1. The van der Waals surface area contributed by atoms with Crippen molar-refractivity contribution >= 4 is 17.5 Å². The van der Waals surface area contributed by atoms with Crippen molar-refractivity contribution in [2.24, 2.45) is 0 Å². The number of fused-ring (bicyclic) bond motifs is 1. The molecule has 2 amide bonds. The minimum atomic E-state index is -0.235. The summed E-state index contributed by atoms with van der Waals surface area (Å²) in [7, 11) is 0. The van der Waals surface area contributed by atoms with Gasteiger partial charge in [0, 0.05) is 49.3 Å². The zero-order valence-electron chi connectivity index (χ0n) is 19.6. The minimum absolute atomic E-state index is 0.00142. The summed E-state index contributed by atoms with van der Waals surface area (Å²) in [6.07, 6.45) is 1.05. The molecule has 0 spiro atoms. The number of hydrogen-bond acceptors (Lipinski definition) is 6.